The van der Waals surface area contributed by atoms with Crippen molar-refractivity contribution in [2.24, 2.45) is 0 Å². The number of piperidine rings is 1. The van der Waals surface area contributed by atoms with Crippen molar-refractivity contribution in [3.63, 3.8) is 0 Å². The van der Waals surface area contributed by atoms with E-state index in [9.17, 15) is 4.79 Å². The Labute approximate surface area is 199 Å². The highest BCUT2D eigenvalue weighted by Crippen LogP contribution is 2.29. The van der Waals surface area contributed by atoms with E-state index in [1.54, 1.807) is 7.11 Å². The number of aliphatic carboxylic acids is 2. The van der Waals surface area contributed by atoms with Gasteiger partial charge in [0.2, 0.25) is 0 Å². The molecule has 9 nitrogen and oxygen atoms in total. The molecular formula is C25H31N3O6. The van der Waals surface area contributed by atoms with Gasteiger partial charge in [-0.15, -0.1) is 0 Å². The van der Waals surface area contributed by atoms with Crippen LogP contribution in [0.2, 0.25) is 0 Å². The van der Waals surface area contributed by atoms with Gasteiger partial charge in [0.15, 0.2) is 0 Å². The van der Waals surface area contributed by atoms with Crippen LogP contribution in [0, 0.1) is 0 Å². The molecule has 1 amide bonds. The van der Waals surface area contributed by atoms with Gasteiger partial charge in [0.25, 0.3) is 5.91 Å². The summed E-state index contributed by atoms with van der Waals surface area (Å²) in [6.45, 7) is 5.87. The largest absolute Gasteiger partial charge is 0.495 e. The molecule has 0 aromatic heterocycles. The van der Waals surface area contributed by atoms with E-state index in [0.717, 1.165) is 63.4 Å². The monoisotopic (exact) mass is 469 g/mol. The number of benzene rings is 2. The van der Waals surface area contributed by atoms with Gasteiger partial charge in [-0.25, -0.2) is 9.59 Å². The summed E-state index contributed by atoms with van der Waals surface area (Å²) in [5, 5.41) is 14.8. The summed E-state index contributed by atoms with van der Waals surface area (Å²) >= 11 is 0. The molecule has 2 N–H and O–H groups in total. The number of piperazine rings is 1. The van der Waals surface area contributed by atoms with E-state index >= 15 is 0 Å². The standard InChI is InChI=1S/C23H29N3O2.C2H2O4/c1-28-22-10-6-5-9-21(22)25-17-15-24(16-18-25)20-11-13-26(14-12-20)23(27)19-7-3-2-4-8-19;3-1(4)2(5)6/h2-10,20H,11-18H2,1H3;(H,3,4)(H,5,6). The molecule has 9 heteroatoms. The van der Waals surface area contributed by atoms with Crippen molar-refractivity contribution in [1.82, 2.24) is 9.80 Å². The van der Waals surface area contributed by atoms with Gasteiger partial charge in [-0.3, -0.25) is 9.69 Å². The second-order valence-electron chi connectivity index (χ2n) is 8.19. The highest BCUT2D eigenvalue weighted by atomic mass is 16.5. The molecule has 2 aliphatic heterocycles. The summed E-state index contributed by atoms with van der Waals surface area (Å²) in [6.07, 6.45) is 2.13. The molecule has 0 saturated carbocycles. The van der Waals surface area contributed by atoms with Gasteiger partial charge < -0.3 is 24.7 Å². The Balaban J connectivity index is 0.000000481. The smallest absolute Gasteiger partial charge is 0.414 e. The number of nitrogens with zero attached hydrogens (tertiary/aromatic N) is 3. The summed E-state index contributed by atoms with van der Waals surface area (Å²) < 4.78 is 5.52. The number of carbonyl (C=O) groups is 3. The molecule has 0 bridgehead atoms. The fourth-order valence-corrected chi connectivity index (χ4v) is 4.42. The number of ether oxygens (including phenoxy) is 1. The molecule has 0 atom stereocenters. The molecule has 2 aromatic rings. The molecule has 182 valence electrons. The third-order valence-corrected chi connectivity index (χ3v) is 6.21. The molecule has 2 fully saturated rings. The zero-order valence-electron chi connectivity index (χ0n) is 19.3. The average Bonchev–Trinajstić information content (AvgIpc) is 2.89. The number of carbonyl (C=O) groups excluding carboxylic acids is 1. The Bertz CT molecular complexity index is 956. The lowest BCUT2D eigenvalue weighted by molar-refractivity contribution is -0.159. The van der Waals surface area contributed by atoms with E-state index in [1.165, 1.54) is 5.69 Å². The minimum atomic E-state index is -1.82. The second-order valence-corrected chi connectivity index (χ2v) is 8.19. The summed E-state index contributed by atoms with van der Waals surface area (Å²) in [5.74, 6) is -2.53. The van der Waals surface area contributed by atoms with Gasteiger partial charge in [0, 0.05) is 50.9 Å². The quantitative estimate of drug-likeness (QED) is 0.657. The van der Waals surface area contributed by atoms with Crippen LogP contribution < -0.4 is 9.64 Å². The minimum Gasteiger partial charge on any atom is -0.495 e. The molecule has 0 spiro atoms. The van der Waals surface area contributed by atoms with Gasteiger partial charge >= 0.3 is 11.9 Å². The summed E-state index contributed by atoms with van der Waals surface area (Å²) in [4.78, 5) is 37.9. The van der Waals surface area contributed by atoms with E-state index in [4.69, 9.17) is 24.5 Å². The molecule has 0 aliphatic carbocycles. The van der Waals surface area contributed by atoms with Crippen LogP contribution in [0.4, 0.5) is 5.69 Å². The SMILES string of the molecule is COc1ccccc1N1CCN(C2CCN(C(=O)c3ccccc3)CC2)CC1.O=C(O)C(=O)O. The van der Waals surface area contributed by atoms with E-state index in [-0.39, 0.29) is 5.91 Å². The van der Waals surface area contributed by atoms with Gasteiger partial charge in [-0.05, 0) is 37.1 Å². The fraction of sp³-hybridized carbons (Fsp3) is 0.400. The lowest BCUT2D eigenvalue weighted by Gasteiger charge is -2.43. The molecule has 4 rings (SSSR count). The molecule has 0 unspecified atom stereocenters. The summed E-state index contributed by atoms with van der Waals surface area (Å²) in [7, 11) is 1.74. The first-order valence-corrected chi connectivity index (χ1v) is 11.3. The van der Waals surface area contributed by atoms with Crippen molar-refractivity contribution in [3.05, 3.63) is 60.2 Å². The van der Waals surface area contributed by atoms with Crippen molar-refractivity contribution >= 4 is 23.5 Å². The third-order valence-electron chi connectivity index (χ3n) is 6.21. The first kappa shape index (κ1) is 25.0. The number of amides is 1. The Morgan fingerprint density at radius 3 is 1.91 bits per heavy atom. The maximum atomic E-state index is 12.6. The Kier molecular flexibility index (Phi) is 8.86. The van der Waals surface area contributed by atoms with Crippen LogP contribution in [0.5, 0.6) is 5.75 Å². The van der Waals surface area contributed by atoms with Crippen LogP contribution >= 0.6 is 0 Å². The number of rotatable bonds is 4. The van der Waals surface area contributed by atoms with E-state index in [1.807, 2.05) is 47.4 Å². The topological polar surface area (TPSA) is 111 Å². The number of methoxy groups -OCH3 is 1. The van der Waals surface area contributed by atoms with Crippen LogP contribution in [0.3, 0.4) is 0 Å². The normalized spacial score (nSPS) is 16.9. The van der Waals surface area contributed by atoms with Crippen LogP contribution in [0.1, 0.15) is 23.2 Å². The summed E-state index contributed by atoms with van der Waals surface area (Å²) in [5.41, 5.74) is 1.99. The number of hydrogen-bond donors (Lipinski definition) is 2. The Hall–Kier alpha value is -3.59. The van der Waals surface area contributed by atoms with Gasteiger partial charge in [0.05, 0.1) is 12.8 Å². The molecule has 2 aromatic carbocycles. The third kappa shape index (κ3) is 6.48. The Morgan fingerprint density at radius 2 is 1.35 bits per heavy atom. The predicted octanol–water partition coefficient (Wildman–Crippen LogP) is 2.28. The van der Waals surface area contributed by atoms with E-state index < -0.39 is 11.9 Å². The predicted molar refractivity (Wildman–Crippen MR) is 127 cm³/mol. The fourth-order valence-electron chi connectivity index (χ4n) is 4.42. The number of para-hydroxylation sites is 2. The van der Waals surface area contributed by atoms with Crippen molar-refractivity contribution < 1.29 is 29.3 Å². The van der Waals surface area contributed by atoms with Crippen LogP contribution in [-0.4, -0.2) is 90.3 Å². The van der Waals surface area contributed by atoms with Gasteiger partial charge in [0.1, 0.15) is 5.75 Å². The summed E-state index contributed by atoms with van der Waals surface area (Å²) in [6, 6.07) is 18.5. The van der Waals surface area contributed by atoms with E-state index in [2.05, 4.69) is 21.9 Å². The van der Waals surface area contributed by atoms with Gasteiger partial charge in [-0.2, -0.15) is 0 Å². The lowest BCUT2D eigenvalue weighted by Crippen LogP contribution is -2.53. The molecule has 2 aliphatic rings. The number of likely N-dealkylation sites (tertiary alicyclic amines) is 1. The maximum absolute atomic E-state index is 12.6. The number of hydrogen-bond acceptors (Lipinski definition) is 6. The van der Waals surface area contributed by atoms with Crippen LogP contribution in [0.25, 0.3) is 0 Å². The van der Waals surface area contributed by atoms with Crippen LogP contribution in [-0.2, 0) is 9.59 Å². The molecular weight excluding hydrogens is 438 g/mol. The van der Waals surface area contributed by atoms with Crippen molar-refractivity contribution in [2.75, 3.05) is 51.3 Å². The maximum Gasteiger partial charge on any atom is 0.414 e. The molecule has 2 saturated heterocycles. The van der Waals surface area contributed by atoms with Crippen molar-refractivity contribution in [3.8, 4) is 5.75 Å². The number of carboxylic acids is 2. The Morgan fingerprint density at radius 1 is 0.794 bits per heavy atom. The lowest BCUT2D eigenvalue weighted by atomic mass is 10.0. The zero-order chi connectivity index (χ0) is 24.5. The number of carboxylic acid groups (broad SMARTS) is 2. The van der Waals surface area contributed by atoms with Crippen molar-refractivity contribution in [1.29, 1.82) is 0 Å². The van der Waals surface area contributed by atoms with Crippen LogP contribution in [0.15, 0.2) is 54.6 Å². The zero-order valence-corrected chi connectivity index (χ0v) is 19.3. The first-order chi connectivity index (χ1) is 16.4. The second kappa shape index (κ2) is 12.0. The highest BCUT2D eigenvalue weighted by molar-refractivity contribution is 6.27. The minimum absolute atomic E-state index is 0.167. The molecule has 2 heterocycles. The van der Waals surface area contributed by atoms with Crippen molar-refractivity contribution in [2.45, 2.75) is 18.9 Å². The highest BCUT2D eigenvalue weighted by Gasteiger charge is 2.29. The average molecular weight is 470 g/mol. The first-order valence-electron chi connectivity index (χ1n) is 11.3. The van der Waals surface area contributed by atoms with E-state index in [0.29, 0.717) is 6.04 Å². The molecule has 34 heavy (non-hydrogen) atoms. The number of anilines is 1. The van der Waals surface area contributed by atoms with Gasteiger partial charge in [-0.1, -0.05) is 30.3 Å². The molecule has 0 radical (unpaired) electrons.